The minimum Gasteiger partial charge on any atom is -0.384 e. The van der Waals surface area contributed by atoms with E-state index in [0.717, 1.165) is 12.3 Å². The maximum Gasteiger partial charge on any atom is 0.433 e. The molecule has 0 fully saturated rings. The lowest BCUT2D eigenvalue weighted by molar-refractivity contribution is -0.141. The van der Waals surface area contributed by atoms with Crippen molar-refractivity contribution >= 4 is 23.0 Å². The number of nitrogens with two attached hydrogens (primary N) is 1. The summed E-state index contributed by atoms with van der Waals surface area (Å²) in [4.78, 5) is 11.9. The van der Waals surface area contributed by atoms with Gasteiger partial charge in [-0.05, 0) is 29.7 Å². The molecule has 8 nitrogen and oxygen atoms in total. The fourth-order valence-electron chi connectivity index (χ4n) is 2.43. The molecule has 0 amide bonds. The number of anilines is 1. The molecule has 0 spiro atoms. The Morgan fingerprint density at radius 3 is 2.60 bits per heavy atom. The first-order valence-corrected chi connectivity index (χ1v) is 9.13. The van der Waals surface area contributed by atoms with Crippen molar-refractivity contribution in [2.45, 2.75) is 26.9 Å². The molecule has 3 heterocycles. The summed E-state index contributed by atoms with van der Waals surface area (Å²) in [6.45, 7) is 6.78. The van der Waals surface area contributed by atoms with Crippen LogP contribution < -0.4 is 22.0 Å². The number of nitrogen functional groups attached to an aromatic ring is 1. The summed E-state index contributed by atoms with van der Waals surface area (Å²) in [6.07, 6.45) is -1.85. The van der Waals surface area contributed by atoms with Crippen molar-refractivity contribution < 1.29 is 13.2 Å². The highest BCUT2D eigenvalue weighted by atomic mass is 19.4. The number of halogens is 3. The van der Waals surface area contributed by atoms with Crippen LogP contribution in [0.4, 0.5) is 24.7 Å². The molecule has 0 radical (unpaired) electrons. The van der Waals surface area contributed by atoms with Crippen LogP contribution in [0, 0.1) is 5.41 Å². The van der Waals surface area contributed by atoms with E-state index in [1.807, 2.05) is 0 Å². The maximum absolute atomic E-state index is 13.0. The molecule has 0 saturated carbocycles. The fourth-order valence-corrected chi connectivity index (χ4v) is 2.43. The second kappa shape index (κ2) is 8.28. The van der Waals surface area contributed by atoms with E-state index in [-0.39, 0.29) is 11.1 Å². The second-order valence-electron chi connectivity index (χ2n) is 7.85. The van der Waals surface area contributed by atoms with Crippen molar-refractivity contribution in [3.63, 3.8) is 0 Å². The highest BCUT2D eigenvalue weighted by Crippen LogP contribution is 2.29. The molecule has 160 valence electrons. The molecule has 5 N–H and O–H groups in total. The van der Waals surface area contributed by atoms with Gasteiger partial charge in [0.15, 0.2) is 0 Å². The normalized spacial score (nSPS) is 16.7. The quantitative estimate of drug-likeness (QED) is 0.603. The van der Waals surface area contributed by atoms with Gasteiger partial charge < -0.3 is 5.73 Å². The number of hydrogen-bond donors (Lipinski definition) is 4. The Kier molecular flexibility index (Phi) is 5.94. The fraction of sp³-hybridized carbons (Fsp3) is 0.316. The van der Waals surface area contributed by atoms with Crippen LogP contribution in [0.3, 0.4) is 0 Å². The molecule has 2 aromatic heterocycles. The smallest absolute Gasteiger partial charge is 0.384 e. The minimum atomic E-state index is -4.55. The van der Waals surface area contributed by atoms with E-state index in [1.54, 1.807) is 24.3 Å². The predicted octanol–water partition coefficient (Wildman–Crippen LogP) is 3.02. The number of amidine groups is 1. The van der Waals surface area contributed by atoms with Crippen LogP contribution in [0.15, 0.2) is 47.6 Å². The maximum atomic E-state index is 13.0. The molecule has 30 heavy (non-hydrogen) atoms. The highest BCUT2D eigenvalue weighted by Gasteiger charge is 2.32. The Labute approximate surface area is 172 Å². The van der Waals surface area contributed by atoms with Gasteiger partial charge in [-0.2, -0.15) is 13.2 Å². The standard InChI is InChI=1S/C19H23F3N8/c1-18(2,3)11-25-30-28-14(13-5-4-6-16(23)27-13)10-17(29-30)26-12-7-8-24-15(9-12)19(20,21)22/h4-10,25,28H,11H2,1-3H3,(H2,23,27)(H,24,26,29). The van der Waals surface area contributed by atoms with Crippen LogP contribution in [0.25, 0.3) is 5.70 Å². The molecular formula is C19H23F3N8. The van der Waals surface area contributed by atoms with E-state index in [2.05, 4.69) is 52.0 Å². The zero-order chi connectivity index (χ0) is 21.9. The molecular weight excluding hydrogens is 397 g/mol. The Morgan fingerprint density at radius 1 is 1.17 bits per heavy atom. The first-order valence-electron chi connectivity index (χ1n) is 9.13. The SMILES string of the molecule is CC(C)(C)CNN1NC(c2cccc(N)n2)=CC(=Nc2ccnc(C(F)(F)F)c2)N1. The van der Waals surface area contributed by atoms with E-state index in [1.165, 1.54) is 11.3 Å². The molecule has 0 atom stereocenters. The first kappa shape index (κ1) is 21.5. The third-order valence-corrected chi connectivity index (χ3v) is 3.84. The predicted molar refractivity (Wildman–Crippen MR) is 109 cm³/mol. The Hall–Kier alpha value is -3.18. The van der Waals surface area contributed by atoms with E-state index >= 15 is 0 Å². The van der Waals surface area contributed by atoms with Crippen molar-refractivity contribution in [2.75, 3.05) is 12.3 Å². The summed E-state index contributed by atoms with van der Waals surface area (Å²) in [5.74, 6) is 0.638. The molecule has 0 aliphatic carbocycles. The van der Waals surface area contributed by atoms with Crippen molar-refractivity contribution in [1.29, 1.82) is 0 Å². The molecule has 2 aromatic rings. The van der Waals surface area contributed by atoms with Gasteiger partial charge in [-0.15, -0.1) is 0 Å². The summed E-state index contributed by atoms with van der Waals surface area (Å²) >= 11 is 0. The van der Waals surface area contributed by atoms with Gasteiger partial charge in [-0.1, -0.05) is 32.1 Å². The monoisotopic (exact) mass is 420 g/mol. The number of aliphatic imine (C=N–C) groups is 1. The zero-order valence-corrected chi connectivity index (χ0v) is 16.7. The van der Waals surface area contributed by atoms with E-state index in [9.17, 15) is 13.2 Å². The van der Waals surface area contributed by atoms with Crippen LogP contribution in [0.1, 0.15) is 32.2 Å². The number of hydrogen-bond acceptors (Lipinski definition) is 7. The molecule has 0 unspecified atom stereocenters. The van der Waals surface area contributed by atoms with Gasteiger partial charge >= 0.3 is 6.18 Å². The number of rotatable bonds is 4. The third-order valence-electron chi connectivity index (χ3n) is 3.84. The van der Waals surface area contributed by atoms with Gasteiger partial charge in [0.05, 0.1) is 17.1 Å². The Balaban J connectivity index is 1.94. The zero-order valence-electron chi connectivity index (χ0n) is 16.7. The van der Waals surface area contributed by atoms with Gasteiger partial charge in [0.1, 0.15) is 17.3 Å². The molecule has 3 rings (SSSR count). The topological polar surface area (TPSA) is 103 Å². The molecule has 1 aliphatic heterocycles. The number of pyridine rings is 2. The average Bonchev–Trinajstić information content (AvgIpc) is 2.65. The average molecular weight is 420 g/mol. The van der Waals surface area contributed by atoms with Gasteiger partial charge in [-0.3, -0.25) is 15.8 Å². The van der Waals surface area contributed by atoms with Gasteiger partial charge in [0, 0.05) is 18.8 Å². The lowest BCUT2D eigenvalue weighted by Gasteiger charge is -2.33. The van der Waals surface area contributed by atoms with Crippen LogP contribution in [0.2, 0.25) is 0 Å². The summed E-state index contributed by atoms with van der Waals surface area (Å²) in [6, 6.07) is 7.45. The highest BCUT2D eigenvalue weighted by molar-refractivity contribution is 6.00. The van der Waals surface area contributed by atoms with Crippen LogP contribution in [-0.2, 0) is 6.18 Å². The third kappa shape index (κ3) is 5.91. The van der Waals surface area contributed by atoms with E-state index in [0.29, 0.717) is 29.6 Å². The number of nitrogens with zero attached hydrogens (tertiary/aromatic N) is 4. The van der Waals surface area contributed by atoms with Crippen molar-refractivity contribution in [2.24, 2.45) is 10.4 Å². The molecule has 1 aliphatic rings. The molecule has 11 heteroatoms. The lowest BCUT2D eigenvalue weighted by atomic mass is 9.97. The number of hydrazine groups is 3. The molecule has 0 bridgehead atoms. The van der Waals surface area contributed by atoms with Crippen LogP contribution >= 0.6 is 0 Å². The lowest BCUT2D eigenvalue weighted by Crippen LogP contribution is -2.60. The summed E-state index contributed by atoms with van der Waals surface area (Å²) in [7, 11) is 0. The Bertz CT molecular complexity index is 963. The van der Waals surface area contributed by atoms with Gasteiger partial charge in [0.25, 0.3) is 0 Å². The van der Waals surface area contributed by atoms with Crippen molar-refractivity contribution in [3.05, 3.63) is 54.0 Å². The number of nitrogens with one attached hydrogen (secondary N) is 3. The van der Waals surface area contributed by atoms with E-state index < -0.39 is 11.9 Å². The number of aromatic nitrogens is 2. The van der Waals surface area contributed by atoms with E-state index in [4.69, 9.17) is 5.73 Å². The van der Waals surface area contributed by atoms with Crippen LogP contribution in [-0.4, -0.2) is 27.6 Å². The van der Waals surface area contributed by atoms with Gasteiger partial charge in [-0.25, -0.2) is 15.4 Å². The largest absolute Gasteiger partial charge is 0.433 e. The minimum absolute atomic E-state index is 0.0237. The first-order chi connectivity index (χ1) is 14.0. The summed E-state index contributed by atoms with van der Waals surface area (Å²) in [5.41, 5.74) is 15.2. The second-order valence-corrected chi connectivity index (χ2v) is 7.85. The molecule has 0 aromatic carbocycles. The van der Waals surface area contributed by atoms with Gasteiger partial charge in [0.2, 0.25) is 0 Å². The Morgan fingerprint density at radius 2 is 1.93 bits per heavy atom. The summed E-state index contributed by atoms with van der Waals surface area (Å²) in [5, 5.41) is 1.48. The molecule has 0 saturated heterocycles. The number of alkyl halides is 3. The van der Waals surface area contributed by atoms with Crippen molar-refractivity contribution in [1.82, 2.24) is 31.5 Å². The van der Waals surface area contributed by atoms with Crippen molar-refractivity contribution in [3.8, 4) is 0 Å². The van der Waals surface area contributed by atoms with Crippen LogP contribution in [0.5, 0.6) is 0 Å². The summed E-state index contributed by atoms with van der Waals surface area (Å²) < 4.78 is 38.9.